The quantitative estimate of drug-likeness (QED) is 0.793. The fourth-order valence-corrected chi connectivity index (χ4v) is 2.51. The molecule has 0 saturated carbocycles. The van der Waals surface area contributed by atoms with Gasteiger partial charge >= 0.3 is 5.97 Å². The topological polar surface area (TPSA) is 125 Å². The van der Waals surface area contributed by atoms with E-state index >= 15 is 0 Å². The number of ether oxygens (including phenoxy) is 2. The zero-order chi connectivity index (χ0) is 17.3. The second kappa shape index (κ2) is 6.25. The highest BCUT2D eigenvalue weighted by molar-refractivity contribution is 5.92. The monoisotopic (exact) mass is 333 g/mol. The molecule has 3 N–H and O–H groups in total. The largest absolute Gasteiger partial charge is 0.468 e. The van der Waals surface area contributed by atoms with E-state index in [1.54, 1.807) is 19.1 Å². The lowest BCUT2D eigenvalue weighted by molar-refractivity contribution is -0.139. The van der Waals surface area contributed by atoms with Crippen LogP contribution in [-0.4, -0.2) is 17.7 Å². The number of aliphatic hydroxyl groups excluding tert-OH is 1. The fourth-order valence-electron chi connectivity index (χ4n) is 2.51. The molecule has 126 valence electrons. The van der Waals surface area contributed by atoms with Gasteiger partial charge in [0.1, 0.15) is 29.6 Å². The number of nitrogens with two attached hydrogens (primary N) is 1. The number of rotatable bonds is 4. The number of hydrogen-bond acceptors (Lipinski definition) is 8. The van der Waals surface area contributed by atoms with E-state index in [4.69, 9.17) is 24.0 Å². The molecule has 24 heavy (non-hydrogen) atoms. The fraction of sp³-hybridized carbons (Fsp3) is 0.250. The van der Waals surface area contributed by atoms with E-state index in [-0.39, 0.29) is 35.3 Å². The minimum absolute atomic E-state index is 0.0266. The molecule has 1 unspecified atom stereocenters. The van der Waals surface area contributed by atoms with Crippen LogP contribution in [0.15, 0.2) is 49.5 Å². The molecule has 0 amide bonds. The molecule has 2 aromatic heterocycles. The van der Waals surface area contributed by atoms with E-state index in [9.17, 15) is 14.7 Å². The van der Waals surface area contributed by atoms with Crippen molar-refractivity contribution in [1.82, 2.24) is 0 Å². The van der Waals surface area contributed by atoms with Crippen LogP contribution in [0.25, 0.3) is 0 Å². The first kappa shape index (κ1) is 15.9. The molecule has 0 radical (unpaired) electrons. The highest BCUT2D eigenvalue weighted by atomic mass is 16.5. The van der Waals surface area contributed by atoms with Gasteiger partial charge in [-0.3, -0.25) is 4.79 Å². The van der Waals surface area contributed by atoms with Crippen molar-refractivity contribution in [2.24, 2.45) is 5.73 Å². The highest BCUT2D eigenvalue weighted by Crippen LogP contribution is 2.41. The normalized spacial score (nSPS) is 16.5. The van der Waals surface area contributed by atoms with Crippen molar-refractivity contribution in [2.45, 2.75) is 19.4 Å². The summed E-state index contributed by atoms with van der Waals surface area (Å²) >= 11 is 0. The van der Waals surface area contributed by atoms with Crippen LogP contribution in [-0.2, 0) is 16.1 Å². The van der Waals surface area contributed by atoms with Crippen LogP contribution in [0.1, 0.15) is 30.1 Å². The summed E-state index contributed by atoms with van der Waals surface area (Å²) < 4.78 is 21.2. The molecule has 0 spiro atoms. The molecule has 0 fully saturated rings. The van der Waals surface area contributed by atoms with E-state index in [0.717, 1.165) is 6.07 Å². The molecule has 0 saturated heterocycles. The third-order valence-corrected chi connectivity index (χ3v) is 3.49. The number of aliphatic hydroxyl groups is 1. The van der Waals surface area contributed by atoms with Gasteiger partial charge in [-0.25, -0.2) is 4.79 Å². The Morgan fingerprint density at radius 1 is 1.46 bits per heavy atom. The van der Waals surface area contributed by atoms with Gasteiger partial charge in [-0.1, -0.05) is 0 Å². The van der Waals surface area contributed by atoms with Crippen LogP contribution in [0.2, 0.25) is 0 Å². The highest BCUT2D eigenvalue weighted by Gasteiger charge is 2.40. The minimum atomic E-state index is -0.915. The molecule has 2 aromatic rings. The van der Waals surface area contributed by atoms with Crippen molar-refractivity contribution in [3.8, 4) is 5.75 Å². The number of carbonyl (C=O) groups is 1. The molecule has 0 aromatic carbocycles. The third kappa shape index (κ3) is 2.56. The Kier molecular flexibility index (Phi) is 4.13. The number of fused-ring (bicyclic) bond motifs is 1. The second-order valence-electron chi connectivity index (χ2n) is 4.98. The van der Waals surface area contributed by atoms with Crippen molar-refractivity contribution < 1.29 is 28.2 Å². The summed E-state index contributed by atoms with van der Waals surface area (Å²) in [5.74, 6) is -1.66. The van der Waals surface area contributed by atoms with Gasteiger partial charge in [0.25, 0.3) is 0 Å². The van der Waals surface area contributed by atoms with E-state index in [1.807, 2.05) is 0 Å². The maximum Gasteiger partial charge on any atom is 0.340 e. The minimum Gasteiger partial charge on any atom is -0.468 e. The molecule has 8 heteroatoms. The van der Waals surface area contributed by atoms with Crippen LogP contribution >= 0.6 is 0 Å². The van der Waals surface area contributed by atoms with Crippen LogP contribution in [0, 0.1) is 0 Å². The van der Waals surface area contributed by atoms with E-state index in [0.29, 0.717) is 5.76 Å². The SMILES string of the molecule is CCOC(=O)C1=C(N)Oc2c(oc(CO)cc2=O)C1c1ccco1. The lowest BCUT2D eigenvalue weighted by Gasteiger charge is -2.25. The summed E-state index contributed by atoms with van der Waals surface area (Å²) in [6.07, 6.45) is 1.41. The molecule has 0 bridgehead atoms. The Morgan fingerprint density at radius 2 is 2.25 bits per heavy atom. The summed E-state index contributed by atoms with van der Waals surface area (Å²) in [5.41, 5.74) is 5.29. The average Bonchev–Trinajstić information content (AvgIpc) is 3.08. The molecule has 8 nitrogen and oxygen atoms in total. The maximum atomic E-state index is 12.3. The summed E-state index contributed by atoms with van der Waals surface area (Å²) in [6.45, 7) is 1.30. The van der Waals surface area contributed by atoms with Crippen LogP contribution < -0.4 is 15.9 Å². The molecule has 3 heterocycles. The van der Waals surface area contributed by atoms with Crippen molar-refractivity contribution in [1.29, 1.82) is 0 Å². The summed E-state index contributed by atoms with van der Waals surface area (Å²) in [4.78, 5) is 24.5. The number of carbonyl (C=O) groups excluding carboxylic acids is 1. The van der Waals surface area contributed by atoms with Crippen molar-refractivity contribution in [3.05, 3.63) is 63.4 Å². The molecule has 3 rings (SSSR count). The van der Waals surface area contributed by atoms with Gasteiger partial charge in [0.2, 0.25) is 17.1 Å². The van der Waals surface area contributed by atoms with Gasteiger partial charge in [0.15, 0.2) is 5.76 Å². The van der Waals surface area contributed by atoms with Gasteiger partial charge in [0, 0.05) is 6.07 Å². The Bertz CT molecular complexity index is 848. The van der Waals surface area contributed by atoms with Gasteiger partial charge < -0.3 is 29.1 Å². The Hall–Kier alpha value is -3.00. The first-order valence-corrected chi connectivity index (χ1v) is 7.22. The average molecular weight is 333 g/mol. The van der Waals surface area contributed by atoms with Gasteiger partial charge in [-0.15, -0.1) is 0 Å². The first-order chi connectivity index (χ1) is 11.6. The first-order valence-electron chi connectivity index (χ1n) is 7.22. The molecule has 0 aliphatic carbocycles. The summed E-state index contributed by atoms with van der Waals surface area (Å²) in [5, 5.41) is 9.27. The maximum absolute atomic E-state index is 12.3. The number of esters is 1. The third-order valence-electron chi connectivity index (χ3n) is 3.49. The van der Waals surface area contributed by atoms with Gasteiger partial charge in [-0.2, -0.15) is 0 Å². The zero-order valence-corrected chi connectivity index (χ0v) is 12.8. The molecule has 1 atom stereocenters. The second-order valence-corrected chi connectivity index (χ2v) is 4.98. The Balaban J connectivity index is 2.24. The van der Waals surface area contributed by atoms with Crippen molar-refractivity contribution >= 4 is 5.97 Å². The predicted octanol–water partition coefficient (Wildman–Crippen LogP) is 0.983. The summed E-state index contributed by atoms with van der Waals surface area (Å²) in [6, 6.07) is 4.33. The predicted molar refractivity (Wildman–Crippen MR) is 79.9 cm³/mol. The smallest absolute Gasteiger partial charge is 0.340 e. The van der Waals surface area contributed by atoms with E-state index in [2.05, 4.69) is 0 Å². The lowest BCUT2D eigenvalue weighted by Crippen LogP contribution is -2.30. The number of hydrogen-bond donors (Lipinski definition) is 2. The van der Waals surface area contributed by atoms with Gasteiger partial charge in [-0.05, 0) is 19.1 Å². The van der Waals surface area contributed by atoms with E-state index in [1.165, 1.54) is 6.26 Å². The molecular weight excluding hydrogens is 318 g/mol. The Morgan fingerprint density at radius 3 is 2.88 bits per heavy atom. The molecule has 1 aliphatic rings. The van der Waals surface area contributed by atoms with Crippen molar-refractivity contribution in [2.75, 3.05) is 6.61 Å². The molecular formula is C16H15NO7. The van der Waals surface area contributed by atoms with Crippen LogP contribution in [0.5, 0.6) is 5.75 Å². The lowest BCUT2D eigenvalue weighted by atomic mass is 9.91. The standard InChI is InChI=1S/C16H15NO7/c1-2-21-16(20)12-11(10-4-3-5-22-10)14-13(24-15(12)17)9(19)6-8(7-18)23-14/h3-6,11,18H,2,7,17H2,1H3. The van der Waals surface area contributed by atoms with Crippen LogP contribution in [0.4, 0.5) is 0 Å². The Labute approximate surface area is 136 Å². The van der Waals surface area contributed by atoms with E-state index < -0.39 is 23.9 Å². The van der Waals surface area contributed by atoms with Gasteiger partial charge in [0.05, 0.1) is 12.9 Å². The van der Waals surface area contributed by atoms with Crippen LogP contribution in [0.3, 0.4) is 0 Å². The van der Waals surface area contributed by atoms with Crippen molar-refractivity contribution in [3.63, 3.8) is 0 Å². The zero-order valence-electron chi connectivity index (χ0n) is 12.8. The molecule has 1 aliphatic heterocycles. The number of furan rings is 1. The summed E-state index contributed by atoms with van der Waals surface area (Å²) in [7, 11) is 0.